The monoisotopic (exact) mass is 387 g/mol. The van der Waals surface area contributed by atoms with E-state index in [1.54, 1.807) is 23.9 Å². The summed E-state index contributed by atoms with van der Waals surface area (Å²) in [6.45, 7) is 5.17. The van der Waals surface area contributed by atoms with E-state index < -0.39 is 11.5 Å². The number of nitrogens with zero attached hydrogens (tertiary/aromatic N) is 2. The Kier molecular flexibility index (Phi) is 4.64. The van der Waals surface area contributed by atoms with Crippen LogP contribution in [0.3, 0.4) is 0 Å². The van der Waals surface area contributed by atoms with Crippen molar-refractivity contribution in [1.29, 1.82) is 0 Å². The number of rotatable bonds is 3. The van der Waals surface area contributed by atoms with Gasteiger partial charge >= 0.3 is 5.17 Å². The second-order valence-electron chi connectivity index (χ2n) is 7.10. The lowest BCUT2D eigenvalue weighted by molar-refractivity contribution is -0.657. The van der Waals surface area contributed by atoms with E-state index in [-0.39, 0.29) is 5.56 Å². The van der Waals surface area contributed by atoms with Gasteiger partial charge in [0.25, 0.3) is 5.72 Å². The van der Waals surface area contributed by atoms with E-state index in [1.165, 1.54) is 24.3 Å². The molecule has 0 aromatic heterocycles. The minimum absolute atomic E-state index is 0.288. The minimum Gasteiger partial charge on any atom is -0.497 e. The zero-order valence-corrected chi connectivity index (χ0v) is 16.6. The lowest BCUT2D eigenvalue weighted by atomic mass is 10.0. The second-order valence-corrected chi connectivity index (χ2v) is 8.17. The van der Waals surface area contributed by atoms with Crippen LogP contribution < -0.4 is 9.64 Å². The largest absolute Gasteiger partial charge is 0.497 e. The smallest absolute Gasteiger partial charge is 0.316 e. The zero-order chi connectivity index (χ0) is 19.2. The van der Waals surface area contributed by atoms with Crippen LogP contribution in [0.15, 0.2) is 36.4 Å². The molecule has 0 saturated heterocycles. The van der Waals surface area contributed by atoms with Gasteiger partial charge in [0.15, 0.2) is 6.54 Å². The van der Waals surface area contributed by atoms with Gasteiger partial charge in [-0.15, -0.1) is 0 Å². The Morgan fingerprint density at radius 3 is 2.81 bits per heavy atom. The Morgan fingerprint density at radius 2 is 2.07 bits per heavy atom. The van der Waals surface area contributed by atoms with Gasteiger partial charge in [-0.25, -0.2) is 13.9 Å². The van der Waals surface area contributed by atoms with Crippen molar-refractivity contribution in [2.24, 2.45) is 0 Å². The van der Waals surface area contributed by atoms with Crippen molar-refractivity contribution in [1.82, 2.24) is 0 Å². The molecular formula is C21H24FN2O2S+. The lowest BCUT2D eigenvalue weighted by Crippen LogP contribution is -2.42. The van der Waals surface area contributed by atoms with Gasteiger partial charge in [0.2, 0.25) is 0 Å². The van der Waals surface area contributed by atoms with Crippen LogP contribution in [0.25, 0.3) is 0 Å². The molecule has 0 fully saturated rings. The van der Waals surface area contributed by atoms with Gasteiger partial charge in [-0.1, -0.05) is 12.1 Å². The number of aryl methyl sites for hydroxylation is 1. The molecular weight excluding hydrogens is 363 g/mol. The molecule has 0 aliphatic carbocycles. The second kappa shape index (κ2) is 6.84. The Balaban J connectivity index is 1.84. The summed E-state index contributed by atoms with van der Waals surface area (Å²) in [5, 5.41) is 12.7. The molecule has 0 saturated carbocycles. The summed E-state index contributed by atoms with van der Waals surface area (Å²) in [7, 11) is 1.51. The first-order chi connectivity index (χ1) is 13.0. The van der Waals surface area contributed by atoms with Crippen LogP contribution >= 0.6 is 11.8 Å². The van der Waals surface area contributed by atoms with Crippen LogP contribution in [0.1, 0.15) is 23.1 Å². The van der Waals surface area contributed by atoms with Crippen LogP contribution in [0.2, 0.25) is 0 Å². The van der Waals surface area contributed by atoms with Crippen molar-refractivity contribution in [3.8, 4) is 5.75 Å². The number of methoxy groups -OCH3 is 1. The predicted molar refractivity (Wildman–Crippen MR) is 107 cm³/mol. The van der Waals surface area contributed by atoms with E-state index in [0.29, 0.717) is 18.8 Å². The summed E-state index contributed by atoms with van der Waals surface area (Å²) >= 11 is 1.72. The molecule has 2 heterocycles. The molecule has 1 atom stereocenters. The number of ether oxygens (including phenoxy) is 1. The third kappa shape index (κ3) is 2.91. The van der Waals surface area contributed by atoms with Crippen LogP contribution in [-0.4, -0.2) is 40.8 Å². The number of amidine groups is 1. The van der Waals surface area contributed by atoms with E-state index in [0.717, 1.165) is 23.0 Å². The van der Waals surface area contributed by atoms with Crippen LogP contribution in [0.5, 0.6) is 5.75 Å². The molecule has 2 aromatic rings. The van der Waals surface area contributed by atoms with Crippen molar-refractivity contribution in [3.63, 3.8) is 0 Å². The topological polar surface area (TPSA) is 35.7 Å². The fraction of sp³-hybridized carbons (Fsp3) is 0.381. The number of β-amino-alcohol motifs (C(OH)–C–C–N with tert-alkyl or cyclic N) is 1. The van der Waals surface area contributed by atoms with Gasteiger partial charge in [0, 0.05) is 11.8 Å². The van der Waals surface area contributed by atoms with Gasteiger partial charge < -0.3 is 9.84 Å². The third-order valence-electron chi connectivity index (χ3n) is 5.52. The van der Waals surface area contributed by atoms with Crippen molar-refractivity contribution >= 4 is 22.6 Å². The maximum absolute atomic E-state index is 14.9. The third-order valence-corrected chi connectivity index (χ3v) is 6.71. The molecule has 27 heavy (non-hydrogen) atoms. The molecule has 6 heteroatoms. The Labute approximate surface area is 163 Å². The standard InChI is InChI=1S/C21H24FN2O2S/c1-14-6-4-7-19(15(14)2)23-13-21(25,24-10-5-11-27-20(23)24)17-9-8-16(26-3)12-18(17)22/h4,6-9,12,25H,5,10-11,13H2,1-3H3/q+1. The number of thioether (sulfide) groups is 1. The fourth-order valence-electron chi connectivity index (χ4n) is 3.89. The molecule has 1 unspecified atom stereocenters. The van der Waals surface area contributed by atoms with Crippen molar-refractivity contribution < 1.29 is 18.8 Å². The Bertz CT molecular complexity index is 930. The van der Waals surface area contributed by atoms with E-state index in [9.17, 15) is 9.50 Å². The normalized spacial score (nSPS) is 22.2. The first-order valence-electron chi connectivity index (χ1n) is 9.13. The maximum atomic E-state index is 14.9. The van der Waals surface area contributed by atoms with Gasteiger partial charge in [-0.05, 0) is 61.4 Å². The fourth-order valence-corrected chi connectivity index (χ4v) is 5.07. The van der Waals surface area contributed by atoms with Gasteiger partial charge in [0.1, 0.15) is 17.3 Å². The number of benzene rings is 2. The molecule has 0 bridgehead atoms. The highest BCUT2D eigenvalue weighted by Crippen LogP contribution is 2.40. The zero-order valence-electron chi connectivity index (χ0n) is 15.8. The molecule has 0 amide bonds. The van der Waals surface area contributed by atoms with Gasteiger partial charge in [-0.3, -0.25) is 0 Å². The number of hydrogen-bond acceptors (Lipinski definition) is 4. The number of hydrogen-bond donors (Lipinski definition) is 1. The highest BCUT2D eigenvalue weighted by Gasteiger charge is 2.54. The average molecular weight is 388 g/mol. The minimum atomic E-state index is -1.41. The van der Waals surface area contributed by atoms with Crippen molar-refractivity contribution in [2.75, 3.05) is 30.9 Å². The van der Waals surface area contributed by atoms with E-state index in [2.05, 4.69) is 30.9 Å². The van der Waals surface area contributed by atoms with E-state index in [1.807, 2.05) is 10.6 Å². The van der Waals surface area contributed by atoms with E-state index >= 15 is 0 Å². The SMILES string of the molecule is COc1ccc(C2(O)CN(c3cccc(C)c3C)C3=[N+]2CCCS3)c(F)c1. The molecule has 142 valence electrons. The molecule has 2 aliphatic heterocycles. The Hall–Kier alpha value is -2.05. The first kappa shape index (κ1) is 18.3. The molecule has 2 aliphatic rings. The number of halogens is 1. The summed E-state index contributed by atoms with van der Waals surface area (Å²) in [4.78, 5) is 2.13. The molecule has 4 nitrogen and oxygen atoms in total. The van der Waals surface area contributed by atoms with Gasteiger partial charge in [-0.2, -0.15) is 0 Å². The summed E-state index contributed by atoms with van der Waals surface area (Å²) in [5.41, 5.74) is 2.32. The molecule has 2 aromatic carbocycles. The van der Waals surface area contributed by atoms with Crippen LogP contribution in [-0.2, 0) is 5.72 Å². The molecule has 0 radical (unpaired) electrons. The highest BCUT2D eigenvalue weighted by molar-refractivity contribution is 8.13. The maximum Gasteiger partial charge on any atom is 0.316 e. The quantitative estimate of drug-likeness (QED) is 0.816. The first-order valence-corrected chi connectivity index (χ1v) is 10.1. The molecule has 4 rings (SSSR count). The molecule has 1 N–H and O–H groups in total. The van der Waals surface area contributed by atoms with Gasteiger partial charge in [0.05, 0.1) is 19.2 Å². The van der Waals surface area contributed by atoms with Crippen molar-refractivity contribution in [2.45, 2.75) is 26.0 Å². The van der Waals surface area contributed by atoms with E-state index in [4.69, 9.17) is 4.74 Å². The summed E-state index contributed by atoms with van der Waals surface area (Å²) in [6, 6.07) is 10.9. The summed E-state index contributed by atoms with van der Waals surface area (Å²) in [5.74, 6) is 0.991. The summed E-state index contributed by atoms with van der Waals surface area (Å²) < 4.78 is 21.9. The average Bonchev–Trinajstić information content (AvgIpc) is 2.98. The number of aliphatic hydroxyl groups is 1. The van der Waals surface area contributed by atoms with Crippen LogP contribution in [0, 0.1) is 19.7 Å². The van der Waals surface area contributed by atoms with Crippen molar-refractivity contribution in [3.05, 3.63) is 58.9 Å². The van der Waals surface area contributed by atoms with Crippen LogP contribution in [0.4, 0.5) is 10.1 Å². The predicted octanol–water partition coefficient (Wildman–Crippen LogP) is 3.62. The highest BCUT2D eigenvalue weighted by atomic mass is 32.2. The Morgan fingerprint density at radius 1 is 1.26 bits per heavy atom. The number of anilines is 1. The molecule has 0 spiro atoms. The summed E-state index contributed by atoms with van der Waals surface area (Å²) in [6.07, 6.45) is 0.953. The lowest BCUT2D eigenvalue weighted by Gasteiger charge is -2.24.